The van der Waals surface area contributed by atoms with Crippen molar-refractivity contribution in [2.24, 2.45) is 17.3 Å². The maximum Gasteiger partial charge on any atom is 0.313 e. The lowest BCUT2D eigenvalue weighted by molar-refractivity contribution is -0.164. The first-order chi connectivity index (χ1) is 38.3. The van der Waals surface area contributed by atoms with Gasteiger partial charge < -0.3 is 41.4 Å². The first kappa shape index (κ1) is 57.5. The molecule has 0 radical (unpaired) electrons. The molecule has 8 amide bonds. The normalized spacial score (nSPS) is 21.8. The molecule has 2 aliphatic heterocycles. The fraction of sp³-hybridized carbons (Fsp3) is 0.508. The van der Waals surface area contributed by atoms with Gasteiger partial charge >= 0.3 is 5.97 Å². The molecule has 80 heavy (non-hydrogen) atoms. The maximum atomic E-state index is 14.5. The molecule has 6 N–H and O–H groups in total. The number of nitrogens with one attached hydrogen (secondary N) is 6. The Morgan fingerprint density at radius 1 is 0.900 bits per heavy atom. The van der Waals surface area contributed by atoms with Crippen molar-refractivity contribution in [1.82, 2.24) is 41.8 Å². The maximum absolute atomic E-state index is 14.5. The second kappa shape index (κ2) is 24.3. The van der Waals surface area contributed by atoms with Crippen LogP contribution in [0.25, 0.3) is 16.5 Å². The highest BCUT2D eigenvalue weighted by Gasteiger charge is 2.49. The second-order valence-corrected chi connectivity index (χ2v) is 22.8. The molecular weight excluding hydrogens is 1040 g/mol. The zero-order valence-electron chi connectivity index (χ0n) is 45.9. The van der Waals surface area contributed by atoms with Crippen molar-refractivity contribution in [3.05, 3.63) is 87.1 Å². The largest absolute Gasteiger partial charge is 0.460 e. The highest BCUT2D eigenvalue weighted by molar-refractivity contribution is 7.27. The average Bonchev–Trinajstić information content (AvgIpc) is 4.10. The van der Waals surface area contributed by atoms with Crippen molar-refractivity contribution in [3.63, 3.8) is 0 Å². The number of rotatable bonds is 23. The van der Waals surface area contributed by atoms with Gasteiger partial charge in [-0.15, -0.1) is 9.24 Å². The van der Waals surface area contributed by atoms with Gasteiger partial charge in [0.1, 0.15) is 25.0 Å². The Balaban J connectivity index is 0.755. The number of carbonyl (C=O) groups excluding carboxylic acids is 10. The van der Waals surface area contributed by atoms with Gasteiger partial charge in [0.05, 0.1) is 54.1 Å². The van der Waals surface area contributed by atoms with Crippen molar-refractivity contribution in [2.75, 3.05) is 39.5 Å². The third kappa shape index (κ3) is 11.8. The zero-order valence-corrected chi connectivity index (χ0v) is 47.0. The van der Waals surface area contributed by atoms with Gasteiger partial charge in [0.15, 0.2) is 5.78 Å². The number of carbonyl (C=O) groups is 10. The monoisotopic (exact) mass is 1110 g/mol. The molecule has 9 rings (SSSR count). The third-order valence-electron chi connectivity index (χ3n) is 17.1. The molecule has 6 aliphatic rings. The van der Waals surface area contributed by atoms with Crippen LogP contribution in [0.2, 0.25) is 0 Å². The molecular formula is C59H71N8O12P. The molecule has 424 valence electrons. The van der Waals surface area contributed by atoms with Gasteiger partial charge in [-0.1, -0.05) is 63.6 Å². The number of aromatic nitrogens is 1. The summed E-state index contributed by atoms with van der Waals surface area (Å²) >= 11 is 0. The fourth-order valence-corrected chi connectivity index (χ4v) is 12.3. The lowest BCUT2D eigenvalue weighted by atomic mass is 9.77. The smallest absolute Gasteiger partial charge is 0.313 e. The number of fused-ring (bicyclic) bond motifs is 4. The molecule has 20 nitrogen and oxygen atoms in total. The lowest BCUT2D eigenvalue weighted by Gasteiger charge is -2.41. The Morgan fingerprint density at radius 2 is 1.62 bits per heavy atom. The predicted octanol–water partition coefficient (Wildman–Crippen LogP) is 2.99. The van der Waals surface area contributed by atoms with Gasteiger partial charge in [0.25, 0.3) is 5.91 Å². The summed E-state index contributed by atoms with van der Waals surface area (Å²) in [4.78, 5) is 138. The molecule has 2 aromatic carbocycles. The number of likely N-dealkylation sites (tertiary alicyclic amines) is 1. The van der Waals surface area contributed by atoms with E-state index in [0.717, 1.165) is 56.0 Å². The molecule has 1 aromatic heterocycles. The summed E-state index contributed by atoms with van der Waals surface area (Å²) in [6, 6.07) is 9.38. The van der Waals surface area contributed by atoms with E-state index in [1.54, 1.807) is 37.3 Å². The fourth-order valence-electron chi connectivity index (χ4n) is 12.0. The summed E-state index contributed by atoms with van der Waals surface area (Å²) in [6.45, 7) is 6.24. The molecule has 3 aromatic rings. The number of cyclic esters (lactones) is 1. The topological polar surface area (TPSA) is 277 Å². The van der Waals surface area contributed by atoms with Gasteiger partial charge in [0, 0.05) is 36.8 Å². The van der Waals surface area contributed by atoms with Crippen molar-refractivity contribution in [1.29, 1.82) is 0 Å². The lowest BCUT2D eigenvalue weighted by Crippen LogP contribution is -2.56. The van der Waals surface area contributed by atoms with Gasteiger partial charge in [-0.05, 0) is 121 Å². The number of amides is 8. The van der Waals surface area contributed by atoms with Crippen LogP contribution in [0.4, 0.5) is 0 Å². The Labute approximate surface area is 466 Å². The van der Waals surface area contributed by atoms with Gasteiger partial charge in [-0.3, -0.25) is 52.8 Å². The molecule has 0 spiro atoms. The van der Waals surface area contributed by atoms with Crippen LogP contribution >= 0.6 is 9.24 Å². The number of ether oxygens (including phenoxy) is 2. The average molecular weight is 1120 g/mol. The van der Waals surface area contributed by atoms with E-state index in [1.807, 2.05) is 26.0 Å². The van der Waals surface area contributed by atoms with Crippen LogP contribution in [0, 0.1) is 24.2 Å². The van der Waals surface area contributed by atoms with E-state index in [2.05, 4.69) is 48.1 Å². The molecule has 4 aliphatic carbocycles. The molecule has 3 heterocycles. The minimum absolute atomic E-state index is 0.0509. The van der Waals surface area contributed by atoms with Crippen molar-refractivity contribution in [2.45, 2.75) is 135 Å². The first-order valence-electron chi connectivity index (χ1n) is 28.0. The summed E-state index contributed by atoms with van der Waals surface area (Å²) < 4.78 is 11.7. The number of imide groups is 1. The number of Topliss-reactive ketones (excluding diaryl/α,β-unsaturated/α-hetero) is 1. The molecule has 6 atom stereocenters. The first-order valence-corrected chi connectivity index (χ1v) is 28.5. The number of ketones is 1. The van der Waals surface area contributed by atoms with Gasteiger partial charge in [-0.25, -0.2) is 4.98 Å². The van der Waals surface area contributed by atoms with Crippen LogP contribution in [0.5, 0.6) is 0 Å². The summed E-state index contributed by atoms with van der Waals surface area (Å²) in [6.07, 6.45) is 8.35. The predicted molar refractivity (Wildman–Crippen MR) is 297 cm³/mol. The summed E-state index contributed by atoms with van der Waals surface area (Å²) in [5.41, 5.74) is 6.47. The summed E-state index contributed by atoms with van der Waals surface area (Å²) in [5, 5.41) is 18.1. The Bertz CT molecular complexity index is 3140. The highest BCUT2D eigenvalue weighted by Crippen LogP contribution is 2.50. The Morgan fingerprint density at radius 3 is 2.34 bits per heavy atom. The number of nitrogens with zero attached hydrogens (tertiary/aromatic N) is 2. The van der Waals surface area contributed by atoms with E-state index >= 15 is 0 Å². The Kier molecular flexibility index (Phi) is 17.4. The Hall–Kier alpha value is -7.18. The minimum atomic E-state index is -1.23. The molecule has 21 heteroatoms. The standard InChI is InChI=1S/C59H71N8O12P/c1-5-34-36-23-37-38(53(73)40(36)30-78-55(34)75)24-39-51-41(18-17-35-32(3)44(80)25-42(50(35)51)65-52(37)39)66-56(76)59(19-13-20-59)79-31-63-47(70)28-62-54(74)43(22-33-14-9-7-10-15-33)64-48(71)29-61-46(69)27-60-45(68)16-11-8-12-21-67-49(72)26-58(4,6-2)57(67)77/h7,9-10,14-15,23,25,34,38,41,43H,5-6,8,11-13,16-22,24,26-31,80H2,1-4H3,(H,60,68)(H,61,69)(H,62,74)(H,63,70)(H,64,71)(H,66,76). The van der Waals surface area contributed by atoms with Gasteiger partial charge in [-0.2, -0.15) is 0 Å². The number of pyridine rings is 1. The number of hydrogen-bond donors (Lipinski definition) is 6. The number of hydrogen-bond acceptors (Lipinski definition) is 13. The molecule has 1 saturated heterocycles. The van der Waals surface area contributed by atoms with Crippen molar-refractivity contribution >= 4 is 90.0 Å². The number of aryl methyl sites for hydroxylation is 1. The van der Waals surface area contributed by atoms with E-state index in [0.29, 0.717) is 87.6 Å². The highest BCUT2D eigenvalue weighted by atomic mass is 31.0. The van der Waals surface area contributed by atoms with E-state index < -0.39 is 71.7 Å². The number of unbranched alkanes of at least 4 members (excludes halogenated alkanes) is 2. The van der Waals surface area contributed by atoms with Crippen LogP contribution in [-0.2, 0) is 76.7 Å². The summed E-state index contributed by atoms with van der Waals surface area (Å²) in [7, 11) is 2.81. The molecule has 0 bridgehead atoms. The number of benzene rings is 2. The minimum Gasteiger partial charge on any atom is -0.460 e. The van der Waals surface area contributed by atoms with Gasteiger partial charge in [0.2, 0.25) is 41.4 Å². The molecule has 6 unspecified atom stereocenters. The van der Waals surface area contributed by atoms with Crippen LogP contribution in [-0.4, -0.2) is 120 Å². The number of allylic oxidation sites excluding steroid dienone is 2. The van der Waals surface area contributed by atoms with Crippen LogP contribution < -0.4 is 37.2 Å². The van der Waals surface area contributed by atoms with E-state index in [9.17, 15) is 47.9 Å². The number of esters is 1. The van der Waals surface area contributed by atoms with Crippen LogP contribution in [0.15, 0.2) is 53.6 Å². The van der Waals surface area contributed by atoms with Crippen LogP contribution in [0.1, 0.15) is 131 Å². The van der Waals surface area contributed by atoms with E-state index in [4.69, 9.17) is 14.5 Å². The van der Waals surface area contributed by atoms with E-state index in [1.165, 1.54) is 4.90 Å². The van der Waals surface area contributed by atoms with Crippen molar-refractivity contribution in [3.8, 4) is 0 Å². The zero-order chi connectivity index (χ0) is 57.0. The summed E-state index contributed by atoms with van der Waals surface area (Å²) in [5.74, 6) is -5.03. The quantitative estimate of drug-likeness (QED) is 0.0262. The molecule has 1 saturated carbocycles. The van der Waals surface area contributed by atoms with Crippen molar-refractivity contribution < 1.29 is 57.4 Å². The SMILES string of the molecule is CCC1C(=O)OCC2=C1C=C1c3nc4cc(P)c(C)c5c4c(c3CC1C2=O)C(NC(=O)C1(OCNC(=O)CNC(=O)C(Cc2ccccc2)NC(=O)CNC(=O)CNC(=O)CCCCCN2C(=O)CC(C)(CC)C2=O)CCC1)CC5. The second-order valence-electron chi connectivity index (χ2n) is 22.2. The molecule has 2 fully saturated rings. The van der Waals surface area contributed by atoms with Crippen LogP contribution in [0.3, 0.4) is 0 Å². The van der Waals surface area contributed by atoms with E-state index in [-0.39, 0.29) is 74.5 Å². The third-order valence-corrected chi connectivity index (χ3v) is 17.7.